The Labute approximate surface area is 154 Å². The highest BCUT2D eigenvalue weighted by molar-refractivity contribution is 7.08. The molecular formula is C20H26N2O2S. The van der Waals surface area contributed by atoms with E-state index in [2.05, 4.69) is 36.9 Å². The third-order valence-electron chi connectivity index (χ3n) is 4.69. The maximum absolute atomic E-state index is 12.7. The monoisotopic (exact) mass is 358 g/mol. The van der Waals surface area contributed by atoms with Crippen LogP contribution < -0.4 is 4.74 Å². The summed E-state index contributed by atoms with van der Waals surface area (Å²) in [5.74, 6) is 1.08. The lowest BCUT2D eigenvalue weighted by molar-refractivity contribution is -0.131. The summed E-state index contributed by atoms with van der Waals surface area (Å²) >= 11 is 1.63. The quantitative estimate of drug-likeness (QED) is 0.792. The van der Waals surface area contributed by atoms with Crippen LogP contribution in [0.5, 0.6) is 5.75 Å². The van der Waals surface area contributed by atoms with Crippen molar-refractivity contribution < 1.29 is 9.53 Å². The molecule has 0 fully saturated rings. The molecule has 0 N–H and O–H groups in total. The lowest BCUT2D eigenvalue weighted by Crippen LogP contribution is -2.33. The predicted molar refractivity (Wildman–Crippen MR) is 102 cm³/mol. The average molecular weight is 359 g/mol. The number of amides is 1. The molecule has 0 bridgehead atoms. The summed E-state index contributed by atoms with van der Waals surface area (Å²) in [6, 6.07) is 8.41. The van der Waals surface area contributed by atoms with Crippen molar-refractivity contribution in [3.05, 3.63) is 51.7 Å². The van der Waals surface area contributed by atoms with Crippen LogP contribution in [0, 0.1) is 0 Å². The summed E-state index contributed by atoms with van der Waals surface area (Å²) in [7, 11) is 0. The van der Waals surface area contributed by atoms with Crippen LogP contribution >= 0.6 is 11.3 Å². The average Bonchev–Trinajstić information content (AvgIpc) is 3.03. The Morgan fingerprint density at radius 3 is 2.80 bits per heavy atom. The number of nitrogens with zero attached hydrogens (tertiary/aromatic N) is 2. The first-order valence-electron chi connectivity index (χ1n) is 8.95. The summed E-state index contributed by atoms with van der Waals surface area (Å²) in [6.45, 7) is 9.20. The van der Waals surface area contributed by atoms with Crippen LogP contribution in [-0.4, -0.2) is 41.9 Å². The molecule has 0 saturated carbocycles. The van der Waals surface area contributed by atoms with Gasteiger partial charge in [0.15, 0.2) is 0 Å². The van der Waals surface area contributed by atoms with E-state index in [1.54, 1.807) is 11.3 Å². The van der Waals surface area contributed by atoms with Crippen molar-refractivity contribution in [2.24, 2.45) is 0 Å². The molecule has 0 radical (unpaired) electrons. The van der Waals surface area contributed by atoms with Gasteiger partial charge in [-0.2, -0.15) is 11.3 Å². The topological polar surface area (TPSA) is 32.8 Å². The van der Waals surface area contributed by atoms with Crippen molar-refractivity contribution in [1.29, 1.82) is 0 Å². The number of ether oxygens (including phenoxy) is 1. The third-order valence-corrected chi connectivity index (χ3v) is 5.43. The fourth-order valence-corrected chi connectivity index (χ4v) is 3.81. The predicted octanol–water partition coefficient (Wildman–Crippen LogP) is 3.55. The molecule has 0 spiro atoms. The highest BCUT2D eigenvalue weighted by atomic mass is 32.1. The first kappa shape index (κ1) is 18.0. The summed E-state index contributed by atoms with van der Waals surface area (Å²) < 4.78 is 5.87. The van der Waals surface area contributed by atoms with E-state index in [0.717, 1.165) is 36.5 Å². The molecule has 0 atom stereocenters. The zero-order chi connectivity index (χ0) is 17.6. The number of rotatable bonds is 6. The van der Waals surface area contributed by atoms with E-state index in [4.69, 9.17) is 4.74 Å². The van der Waals surface area contributed by atoms with Gasteiger partial charge in [-0.1, -0.05) is 19.9 Å². The van der Waals surface area contributed by atoms with Gasteiger partial charge in [0, 0.05) is 18.7 Å². The molecule has 1 aromatic carbocycles. The summed E-state index contributed by atoms with van der Waals surface area (Å²) in [6.07, 6.45) is 0.470. The molecule has 1 amide bonds. The van der Waals surface area contributed by atoms with E-state index < -0.39 is 0 Å². The largest absolute Gasteiger partial charge is 0.491 e. The number of carbonyl (C=O) groups excluding carboxylic acids is 1. The molecule has 1 aromatic heterocycles. The van der Waals surface area contributed by atoms with Gasteiger partial charge >= 0.3 is 0 Å². The van der Waals surface area contributed by atoms with Crippen molar-refractivity contribution in [2.75, 3.05) is 26.2 Å². The second kappa shape index (κ2) is 8.50. The van der Waals surface area contributed by atoms with E-state index in [9.17, 15) is 4.79 Å². The molecule has 0 aliphatic carbocycles. The summed E-state index contributed by atoms with van der Waals surface area (Å²) in [5, 5.41) is 4.06. The molecule has 4 nitrogen and oxygen atoms in total. The van der Waals surface area contributed by atoms with E-state index in [0.29, 0.717) is 26.1 Å². The van der Waals surface area contributed by atoms with Crippen molar-refractivity contribution >= 4 is 17.2 Å². The van der Waals surface area contributed by atoms with E-state index in [-0.39, 0.29) is 5.91 Å². The van der Waals surface area contributed by atoms with Crippen LogP contribution in [0.3, 0.4) is 0 Å². The molecule has 134 valence electrons. The van der Waals surface area contributed by atoms with Gasteiger partial charge in [-0.15, -0.1) is 0 Å². The fourth-order valence-electron chi connectivity index (χ4n) is 3.14. The number of hydrogen-bond acceptors (Lipinski definition) is 4. The Morgan fingerprint density at radius 2 is 2.08 bits per heavy atom. The lowest BCUT2D eigenvalue weighted by atomic mass is 10.1. The van der Waals surface area contributed by atoms with E-state index >= 15 is 0 Å². The first-order valence-corrected chi connectivity index (χ1v) is 9.89. The van der Waals surface area contributed by atoms with Gasteiger partial charge in [0.25, 0.3) is 0 Å². The van der Waals surface area contributed by atoms with Gasteiger partial charge in [0.1, 0.15) is 12.4 Å². The molecule has 1 aliphatic rings. The molecular weight excluding hydrogens is 332 g/mol. The van der Waals surface area contributed by atoms with E-state index in [1.165, 1.54) is 5.56 Å². The second-order valence-electron chi connectivity index (χ2n) is 6.38. The van der Waals surface area contributed by atoms with Gasteiger partial charge < -0.3 is 9.64 Å². The lowest BCUT2D eigenvalue weighted by Gasteiger charge is -2.21. The first-order chi connectivity index (χ1) is 12.2. The number of hydrogen-bond donors (Lipinski definition) is 0. The normalized spacial score (nSPS) is 14.1. The van der Waals surface area contributed by atoms with Crippen molar-refractivity contribution in [2.45, 2.75) is 33.4 Å². The maximum atomic E-state index is 12.7. The van der Waals surface area contributed by atoms with Crippen LogP contribution in [0.1, 0.15) is 30.5 Å². The Balaban J connectivity index is 1.72. The zero-order valence-corrected chi connectivity index (χ0v) is 15.8. The molecule has 25 heavy (non-hydrogen) atoms. The molecule has 0 saturated heterocycles. The zero-order valence-electron chi connectivity index (χ0n) is 15.0. The Kier molecular flexibility index (Phi) is 6.10. The molecule has 5 heteroatoms. The standard InChI is InChI=1S/C20H26N2O2S/c1-3-21(4-2)13-16-5-6-19-18(11-16)14-22(8-9-24-19)20(23)12-17-7-10-25-15-17/h5-7,10-11,15H,3-4,8-9,12-14H2,1-2H3. The number of carbonyl (C=O) groups is 1. The maximum Gasteiger partial charge on any atom is 0.227 e. The van der Waals surface area contributed by atoms with Crippen LogP contribution in [0.2, 0.25) is 0 Å². The highest BCUT2D eigenvalue weighted by Crippen LogP contribution is 2.25. The number of fused-ring (bicyclic) bond motifs is 1. The molecule has 2 aromatic rings. The molecule has 1 aliphatic heterocycles. The Hall–Kier alpha value is -1.85. The SMILES string of the molecule is CCN(CC)Cc1ccc2c(c1)CN(C(=O)Cc1ccsc1)CCO2. The van der Waals surface area contributed by atoms with Gasteiger partial charge in [0.2, 0.25) is 5.91 Å². The van der Waals surface area contributed by atoms with Gasteiger partial charge in [-0.25, -0.2) is 0 Å². The van der Waals surface area contributed by atoms with Gasteiger partial charge in [-0.05, 0) is 53.2 Å². The summed E-state index contributed by atoms with van der Waals surface area (Å²) in [4.78, 5) is 17.0. The third kappa shape index (κ3) is 4.61. The number of thiophene rings is 1. The Morgan fingerprint density at radius 1 is 1.24 bits per heavy atom. The van der Waals surface area contributed by atoms with Crippen LogP contribution in [-0.2, 0) is 24.3 Å². The minimum atomic E-state index is 0.170. The smallest absolute Gasteiger partial charge is 0.227 e. The van der Waals surface area contributed by atoms with Crippen molar-refractivity contribution in [3.8, 4) is 5.75 Å². The minimum absolute atomic E-state index is 0.170. The highest BCUT2D eigenvalue weighted by Gasteiger charge is 2.20. The molecule has 0 unspecified atom stereocenters. The summed E-state index contributed by atoms with van der Waals surface area (Å²) in [5.41, 5.74) is 3.48. The van der Waals surface area contributed by atoms with E-state index in [1.807, 2.05) is 21.7 Å². The minimum Gasteiger partial charge on any atom is -0.491 e. The molecule has 3 rings (SSSR count). The number of benzene rings is 1. The van der Waals surface area contributed by atoms with Crippen LogP contribution in [0.15, 0.2) is 35.0 Å². The van der Waals surface area contributed by atoms with Gasteiger partial charge in [0.05, 0.1) is 13.0 Å². The fraction of sp³-hybridized carbons (Fsp3) is 0.450. The van der Waals surface area contributed by atoms with Gasteiger partial charge in [-0.3, -0.25) is 9.69 Å². The van der Waals surface area contributed by atoms with Crippen molar-refractivity contribution in [3.63, 3.8) is 0 Å². The Bertz CT molecular complexity index is 696. The van der Waals surface area contributed by atoms with Crippen LogP contribution in [0.4, 0.5) is 0 Å². The van der Waals surface area contributed by atoms with Crippen molar-refractivity contribution in [1.82, 2.24) is 9.80 Å². The molecule has 2 heterocycles. The second-order valence-corrected chi connectivity index (χ2v) is 7.16. The van der Waals surface area contributed by atoms with Crippen LogP contribution in [0.25, 0.3) is 0 Å².